The van der Waals surface area contributed by atoms with Gasteiger partial charge in [-0.25, -0.2) is 4.79 Å². The van der Waals surface area contributed by atoms with Crippen molar-refractivity contribution in [2.24, 2.45) is 5.92 Å². The average molecular weight is 322 g/mol. The number of aromatic nitrogens is 2. The molecule has 2 fully saturated rings. The van der Waals surface area contributed by atoms with E-state index in [4.69, 9.17) is 9.26 Å². The summed E-state index contributed by atoms with van der Waals surface area (Å²) < 4.78 is 10.8. The summed E-state index contributed by atoms with van der Waals surface area (Å²) in [5.41, 5.74) is 0. The molecule has 1 aliphatic carbocycles. The Labute approximate surface area is 136 Å². The predicted molar refractivity (Wildman–Crippen MR) is 84.0 cm³/mol. The first-order valence-electron chi connectivity index (χ1n) is 8.51. The smallest absolute Gasteiger partial charge is 0.318 e. The number of amides is 2. The minimum atomic E-state index is -0.259. The van der Waals surface area contributed by atoms with Gasteiger partial charge in [-0.1, -0.05) is 19.0 Å². The molecule has 3 rings (SSSR count). The number of hydrogen-bond acceptors (Lipinski definition) is 5. The van der Waals surface area contributed by atoms with Gasteiger partial charge in [-0.15, -0.1) is 0 Å². The molecule has 1 aromatic heterocycles. The normalized spacial score (nSPS) is 20.5. The van der Waals surface area contributed by atoms with Gasteiger partial charge in [0, 0.05) is 32.2 Å². The molecule has 2 aliphatic rings. The number of carbonyl (C=O) groups excluding carboxylic acids is 1. The van der Waals surface area contributed by atoms with E-state index in [0.29, 0.717) is 25.0 Å². The molecule has 1 atom stereocenters. The zero-order valence-corrected chi connectivity index (χ0v) is 14.1. The molecule has 2 amide bonds. The van der Waals surface area contributed by atoms with Crippen molar-refractivity contribution in [3.8, 4) is 0 Å². The molecule has 1 aliphatic heterocycles. The van der Waals surface area contributed by atoms with Gasteiger partial charge in [-0.3, -0.25) is 0 Å². The quantitative estimate of drug-likeness (QED) is 0.900. The molecule has 2 heterocycles. The number of carbonyl (C=O) groups is 1. The minimum absolute atomic E-state index is 0.0956. The number of hydrogen-bond donors (Lipinski definition) is 1. The van der Waals surface area contributed by atoms with Crippen molar-refractivity contribution in [1.82, 2.24) is 20.4 Å². The van der Waals surface area contributed by atoms with Crippen LogP contribution in [0.15, 0.2) is 4.52 Å². The molecule has 7 nitrogen and oxygen atoms in total. The van der Waals surface area contributed by atoms with Crippen LogP contribution in [0, 0.1) is 5.92 Å². The van der Waals surface area contributed by atoms with E-state index in [2.05, 4.69) is 15.5 Å². The van der Waals surface area contributed by atoms with Crippen molar-refractivity contribution < 1.29 is 14.1 Å². The highest BCUT2D eigenvalue weighted by Crippen LogP contribution is 2.38. The van der Waals surface area contributed by atoms with E-state index in [0.717, 1.165) is 31.5 Å². The maximum atomic E-state index is 12.6. The molecular formula is C16H26N4O3. The summed E-state index contributed by atoms with van der Waals surface area (Å²) in [6, 6.07) is -0.132. The molecule has 23 heavy (non-hydrogen) atoms. The standard InChI is InChI=1S/C16H26N4O3/c1-10(2)13(15-18-14(19-23-15)11-4-5-11)17-16(21)20(3)12-6-8-22-9-7-12/h10-13H,4-9H2,1-3H3,(H,17,21). The number of rotatable bonds is 5. The highest BCUT2D eigenvalue weighted by atomic mass is 16.5. The van der Waals surface area contributed by atoms with E-state index in [1.165, 1.54) is 0 Å². The highest BCUT2D eigenvalue weighted by molar-refractivity contribution is 5.74. The van der Waals surface area contributed by atoms with Crippen molar-refractivity contribution in [2.75, 3.05) is 20.3 Å². The third-order valence-corrected chi connectivity index (χ3v) is 4.67. The molecule has 0 aromatic carbocycles. The molecule has 0 spiro atoms. The third kappa shape index (κ3) is 3.83. The fourth-order valence-electron chi connectivity index (χ4n) is 2.87. The topological polar surface area (TPSA) is 80.5 Å². The lowest BCUT2D eigenvalue weighted by molar-refractivity contribution is 0.0516. The van der Waals surface area contributed by atoms with E-state index in [1.54, 1.807) is 4.90 Å². The van der Waals surface area contributed by atoms with Crippen LogP contribution in [-0.4, -0.2) is 47.4 Å². The molecule has 7 heteroatoms. The van der Waals surface area contributed by atoms with Crippen molar-refractivity contribution in [1.29, 1.82) is 0 Å². The van der Waals surface area contributed by atoms with Crippen molar-refractivity contribution in [3.63, 3.8) is 0 Å². The van der Waals surface area contributed by atoms with Gasteiger partial charge < -0.3 is 19.5 Å². The molecular weight excluding hydrogens is 296 g/mol. The maximum Gasteiger partial charge on any atom is 0.318 e. The second-order valence-corrected chi connectivity index (χ2v) is 6.89. The van der Waals surface area contributed by atoms with Crippen LogP contribution in [0.3, 0.4) is 0 Å². The first-order chi connectivity index (χ1) is 11.1. The minimum Gasteiger partial charge on any atom is -0.381 e. The Morgan fingerprint density at radius 3 is 2.57 bits per heavy atom. The van der Waals surface area contributed by atoms with Gasteiger partial charge in [-0.05, 0) is 31.6 Å². The Bertz CT molecular complexity index is 535. The largest absolute Gasteiger partial charge is 0.381 e. The Morgan fingerprint density at radius 2 is 1.96 bits per heavy atom. The van der Waals surface area contributed by atoms with Gasteiger partial charge in [-0.2, -0.15) is 4.98 Å². The van der Waals surface area contributed by atoms with Crippen LogP contribution in [-0.2, 0) is 4.74 Å². The van der Waals surface area contributed by atoms with E-state index >= 15 is 0 Å². The molecule has 128 valence electrons. The van der Waals surface area contributed by atoms with Crippen LogP contribution < -0.4 is 5.32 Å². The number of nitrogens with zero attached hydrogens (tertiary/aromatic N) is 3. The summed E-state index contributed by atoms with van der Waals surface area (Å²) >= 11 is 0. The summed E-state index contributed by atoms with van der Waals surface area (Å²) in [5.74, 6) is 1.91. The van der Waals surface area contributed by atoms with Crippen LogP contribution >= 0.6 is 0 Å². The van der Waals surface area contributed by atoms with E-state index in [1.807, 2.05) is 20.9 Å². The third-order valence-electron chi connectivity index (χ3n) is 4.67. The first-order valence-corrected chi connectivity index (χ1v) is 8.51. The van der Waals surface area contributed by atoms with Crippen molar-refractivity contribution >= 4 is 6.03 Å². The van der Waals surface area contributed by atoms with Crippen LogP contribution in [0.1, 0.15) is 63.2 Å². The first kappa shape index (κ1) is 16.2. The highest BCUT2D eigenvalue weighted by Gasteiger charge is 2.32. The van der Waals surface area contributed by atoms with Gasteiger partial charge in [0.25, 0.3) is 0 Å². The van der Waals surface area contributed by atoms with Crippen molar-refractivity contribution in [2.45, 2.75) is 57.5 Å². The SMILES string of the molecule is CC(C)C(NC(=O)N(C)C1CCOCC1)c1nc(C2CC2)no1. The average Bonchev–Trinajstić information content (AvgIpc) is 3.30. The lowest BCUT2D eigenvalue weighted by atomic mass is 10.0. The van der Waals surface area contributed by atoms with Crippen molar-refractivity contribution in [3.05, 3.63) is 11.7 Å². The maximum absolute atomic E-state index is 12.6. The lowest BCUT2D eigenvalue weighted by Crippen LogP contribution is -2.47. The Kier molecular flexibility index (Phi) is 4.84. The number of nitrogens with one attached hydrogen (secondary N) is 1. The fraction of sp³-hybridized carbons (Fsp3) is 0.812. The summed E-state index contributed by atoms with van der Waals surface area (Å²) in [6.07, 6.45) is 4.01. The molecule has 0 bridgehead atoms. The number of ether oxygens (including phenoxy) is 1. The second kappa shape index (κ2) is 6.86. The molecule has 1 N–H and O–H groups in total. The summed E-state index contributed by atoms with van der Waals surface area (Å²) in [4.78, 5) is 18.8. The van der Waals surface area contributed by atoms with Gasteiger partial charge in [0.1, 0.15) is 6.04 Å². The molecule has 0 radical (unpaired) electrons. The van der Waals surface area contributed by atoms with Gasteiger partial charge in [0.2, 0.25) is 5.89 Å². The Hall–Kier alpha value is -1.63. The van der Waals surface area contributed by atoms with Crippen LogP contribution in [0.2, 0.25) is 0 Å². The van der Waals surface area contributed by atoms with Gasteiger partial charge in [0.15, 0.2) is 5.82 Å². The monoisotopic (exact) mass is 322 g/mol. The van der Waals surface area contributed by atoms with E-state index < -0.39 is 0 Å². The van der Waals surface area contributed by atoms with Gasteiger partial charge >= 0.3 is 6.03 Å². The molecule has 1 aromatic rings. The Balaban J connectivity index is 1.64. The van der Waals surface area contributed by atoms with Gasteiger partial charge in [0.05, 0.1) is 0 Å². The zero-order chi connectivity index (χ0) is 16.4. The molecule has 1 saturated heterocycles. The predicted octanol–water partition coefficient (Wildman–Crippen LogP) is 2.46. The summed E-state index contributed by atoms with van der Waals surface area (Å²) in [7, 11) is 1.84. The summed E-state index contributed by atoms with van der Waals surface area (Å²) in [6.45, 7) is 5.51. The summed E-state index contributed by atoms with van der Waals surface area (Å²) in [5, 5.41) is 7.11. The van der Waals surface area contributed by atoms with Crippen LogP contribution in [0.5, 0.6) is 0 Å². The van der Waals surface area contributed by atoms with Crippen LogP contribution in [0.4, 0.5) is 4.79 Å². The fourth-order valence-corrected chi connectivity index (χ4v) is 2.87. The van der Waals surface area contributed by atoms with E-state index in [-0.39, 0.29) is 24.0 Å². The molecule has 1 unspecified atom stereocenters. The Morgan fingerprint density at radius 1 is 1.26 bits per heavy atom. The van der Waals surface area contributed by atoms with Crippen LogP contribution in [0.25, 0.3) is 0 Å². The number of urea groups is 1. The lowest BCUT2D eigenvalue weighted by Gasteiger charge is -2.32. The second-order valence-electron chi connectivity index (χ2n) is 6.89. The zero-order valence-electron chi connectivity index (χ0n) is 14.1. The molecule has 1 saturated carbocycles. The van der Waals surface area contributed by atoms with E-state index in [9.17, 15) is 4.79 Å².